The number of thiazole rings is 1. The molecule has 2 aromatic carbocycles. The molecule has 2 heterocycles. The number of fused-ring (bicyclic) bond motifs is 1. The first-order chi connectivity index (χ1) is 14.0. The highest BCUT2D eigenvalue weighted by Gasteiger charge is 2.16. The number of hydrogen-bond donors (Lipinski definition) is 1. The maximum absolute atomic E-state index is 12.6. The van der Waals surface area contributed by atoms with Gasteiger partial charge in [-0.05, 0) is 42.3 Å². The Balaban J connectivity index is 1.50. The van der Waals surface area contributed by atoms with Crippen LogP contribution in [0.15, 0.2) is 81.0 Å². The molecule has 4 aromatic rings. The Hall–Kier alpha value is -2.68. The number of nitrogens with zero attached hydrogens (tertiary/aromatic N) is 1. The van der Waals surface area contributed by atoms with E-state index in [1.54, 1.807) is 29.0 Å². The van der Waals surface area contributed by atoms with Gasteiger partial charge in [-0.15, -0.1) is 0 Å². The maximum Gasteiger partial charge on any atom is 0.308 e. The van der Waals surface area contributed by atoms with E-state index in [4.69, 9.17) is 4.42 Å². The van der Waals surface area contributed by atoms with Crippen LogP contribution >= 0.6 is 11.3 Å². The van der Waals surface area contributed by atoms with Crippen molar-refractivity contribution in [2.45, 2.75) is 24.3 Å². The Labute approximate surface area is 172 Å². The molecule has 2 aromatic heterocycles. The molecule has 0 radical (unpaired) electrons. The Bertz CT molecular complexity index is 1260. The summed E-state index contributed by atoms with van der Waals surface area (Å²) < 4.78 is 35.4. The number of nitrogens with one attached hydrogen (secondary N) is 1. The van der Waals surface area contributed by atoms with E-state index in [0.717, 1.165) is 28.2 Å². The predicted molar refractivity (Wildman–Crippen MR) is 114 cm³/mol. The molecule has 0 spiro atoms. The molecular weight excluding hydrogens is 408 g/mol. The summed E-state index contributed by atoms with van der Waals surface area (Å²) in [5.74, 6) is 0.829. The van der Waals surface area contributed by atoms with E-state index in [9.17, 15) is 13.2 Å². The molecule has 0 fully saturated rings. The lowest BCUT2D eigenvalue weighted by Crippen LogP contribution is -2.25. The smallest absolute Gasteiger partial charge is 0.308 e. The summed E-state index contributed by atoms with van der Waals surface area (Å²) in [7, 11) is -3.64. The van der Waals surface area contributed by atoms with Crippen molar-refractivity contribution < 1.29 is 12.8 Å². The average molecular weight is 429 g/mol. The van der Waals surface area contributed by atoms with Crippen LogP contribution in [0.3, 0.4) is 0 Å². The van der Waals surface area contributed by atoms with E-state index >= 15 is 0 Å². The summed E-state index contributed by atoms with van der Waals surface area (Å²) in [5, 5.41) is 0. The summed E-state index contributed by atoms with van der Waals surface area (Å²) in [4.78, 5) is 12.5. The minimum Gasteiger partial charge on any atom is -0.469 e. The second-order valence-corrected chi connectivity index (χ2v) is 9.41. The van der Waals surface area contributed by atoms with Gasteiger partial charge in [-0.1, -0.05) is 41.7 Å². The third-order valence-corrected chi connectivity index (χ3v) is 7.01. The van der Waals surface area contributed by atoms with Gasteiger partial charge in [0.2, 0.25) is 10.0 Å². The highest BCUT2D eigenvalue weighted by atomic mass is 32.2. The summed E-state index contributed by atoms with van der Waals surface area (Å²) in [5.41, 5.74) is 1.75. The lowest BCUT2D eigenvalue weighted by Gasteiger charge is -2.07. The van der Waals surface area contributed by atoms with Crippen molar-refractivity contribution in [1.29, 1.82) is 0 Å². The molecule has 8 heteroatoms. The molecule has 1 N–H and O–H groups in total. The molecule has 0 saturated heterocycles. The minimum atomic E-state index is -3.64. The molecule has 0 aliphatic rings. The largest absolute Gasteiger partial charge is 0.469 e. The number of furan rings is 1. The first-order valence-corrected chi connectivity index (χ1v) is 11.5. The molecule has 150 valence electrons. The van der Waals surface area contributed by atoms with Gasteiger partial charge in [0.05, 0.1) is 27.9 Å². The van der Waals surface area contributed by atoms with E-state index in [1.807, 2.05) is 42.5 Å². The Morgan fingerprint density at radius 1 is 1.03 bits per heavy atom. The van der Waals surface area contributed by atoms with E-state index in [1.165, 1.54) is 0 Å². The third-order valence-electron chi connectivity index (χ3n) is 4.61. The zero-order valence-electron chi connectivity index (χ0n) is 15.6. The molecule has 4 rings (SSSR count). The standard InChI is InChI=1S/C21H20N2O4S2/c24-21-23(15-16-6-2-1-3-7-16)19-11-10-18(14-20(19)28-21)29(25,26)22-12-4-8-17-9-5-13-27-17/h1-3,5-7,9-11,13-14,22H,4,8,12,15H2. The van der Waals surface area contributed by atoms with Crippen molar-refractivity contribution >= 4 is 31.6 Å². The van der Waals surface area contributed by atoms with E-state index in [0.29, 0.717) is 30.6 Å². The molecule has 29 heavy (non-hydrogen) atoms. The van der Waals surface area contributed by atoms with Crippen LogP contribution in [-0.2, 0) is 23.0 Å². The average Bonchev–Trinajstić information content (AvgIpc) is 3.34. The predicted octanol–water partition coefficient (Wildman–Crippen LogP) is 3.62. The topological polar surface area (TPSA) is 81.3 Å². The van der Waals surface area contributed by atoms with Crippen molar-refractivity contribution in [1.82, 2.24) is 9.29 Å². The normalized spacial score (nSPS) is 11.9. The van der Waals surface area contributed by atoms with Crippen molar-refractivity contribution in [2.75, 3.05) is 6.54 Å². The van der Waals surface area contributed by atoms with Crippen LogP contribution in [0.25, 0.3) is 10.2 Å². The van der Waals surface area contributed by atoms with Gasteiger partial charge in [-0.3, -0.25) is 9.36 Å². The summed E-state index contributed by atoms with van der Waals surface area (Å²) >= 11 is 1.06. The molecule has 0 aliphatic carbocycles. The van der Waals surface area contributed by atoms with Crippen LogP contribution in [0.1, 0.15) is 17.7 Å². The van der Waals surface area contributed by atoms with Crippen LogP contribution in [0, 0.1) is 0 Å². The zero-order chi connectivity index (χ0) is 20.3. The van der Waals surface area contributed by atoms with Gasteiger partial charge in [0.15, 0.2) is 0 Å². The molecule has 0 aliphatic heterocycles. The second-order valence-electron chi connectivity index (χ2n) is 6.65. The van der Waals surface area contributed by atoms with Crippen molar-refractivity contribution in [3.63, 3.8) is 0 Å². The first kappa shape index (κ1) is 19.6. The number of benzene rings is 2. The minimum absolute atomic E-state index is 0.107. The molecule has 0 bridgehead atoms. The van der Waals surface area contributed by atoms with Crippen molar-refractivity contribution in [2.24, 2.45) is 0 Å². The SMILES string of the molecule is O=c1sc2cc(S(=O)(=O)NCCCc3ccco3)ccc2n1Cc1ccccc1. The van der Waals surface area contributed by atoms with Crippen LogP contribution in [0.2, 0.25) is 0 Å². The Morgan fingerprint density at radius 2 is 1.86 bits per heavy atom. The monoisotopic (exact) mass is 428 g/mol. The van der Waals surface area contributed by atoms with Crippen LogP contribution in [-0.4, -0.2) is 19.5 Å². The van der Waals surface area contributed by atoms with Crippen LogP contribution in [0.4, 0.5) is 0 Å². The Morgan fingerprint density at radius 3 is 2.62 bits per heavy atom. The van der Waals surface area contributed by atoms with E-state index in [2.05, 4.69) is 4.72 Å². The third kappa shape index (κ3) is 4.50. The number of aromatic nitrogens is 1. The summed E-state index contributed by atoms with van der Waals surface area (Å²) in [6.45, 7) is 0.767. The highest BCUT2D eigenvalue weighted by molar-refractivity contribution is 7.89. The van der Waals surface area contributed by atoms with Crippen LogP contribution < -0.4 is 9.60 Å². The van der Waals surface area contributed by atoms with Gasteiger partial charge in [-0.25, -0.2) is 13.1 Å². The maximum atomic E-state index is 12.6. The number of sulfonamides is 1. The van der Waals surface area contributed by atoms with E-state index in [-0.39, 0.29) is 9.77 Å². The first-order valence-electron chi connectivity index (χ1n) is 9.22. The van der Waals surface area contributed by atoms with Gasteiger partial charge < -0.3 is 4.42 Å². The summed E-state index contributed by atoms with van der Waals surface area (Å²) in [6.07, 6.45) is 2.90. The fourth-order valence-electron chi connectivity index (χ4n) is 3.14. The lowest BCUT2D eigenvalue weighted by atomic mass is 10.2. The molecule has 0 amide bonds. The van der Waals surface area contributed by atoms with Crippen molar-refractivity contribution in [3.8, 4) is 0 Å². The quantitative estimate of drug-likeness (QED) is 0.435. The van der Waals surface area contributed by atoms with Gasteiger partial charge >= 0.3 is 4.87 Å². The number of aryl methyl sites for hydroxylation is 1. The molecular formula is C21H20N2O4S2. The van der Waals surface area contributed by atoms with E-state index < -0.39 is 10.0 Å². The highest BCUT2D eigenvalue weighted by Crippen LogP contribution is 2.22. The van der Waals surface area contributed by atoms with Gasteiger partial charge in [-0.2, -0.15) is 0 Å². The molecule has 0 unspecified atom stereocenters. The second kappa shape index (κ2) is 8.36. The fourth-order valence-corrected chi connectivity index (χ4v) is 5.24. The fraction of sp³-hybridized carbons (Fsp3) is 0.190. The summed E-state index contributed by atoms with van der Waals surface area (Å²) in [6, 6.07) is 18.2. The Kier molecular flexibility index (Phi) is 5.66. The van der Waals surface area contributed by atoms with Gasteiger partial charge in [0.1, 0.15) is 5.76 Å². The number of hydrogen-bond acceptors (Lipinski definition) is 5. The van der Waals surface area contributed by atoms with Crippen LogP contribution in [0.5, 0.6) is 0 Å². The van der Waals surface area contributed by atoms with Gasteiger partial charge in [0.25, 0.3) is 0 Å². The van der Waals surface area contributed by atoms with Gasteiger partial charge in [0, 0.05) is 13.0 Å². The zero-order valence-corrected chi connectivity index (χ0v) is 17.2. The molecule has 6 nitrogen and oxygen atoms in total. The molecule has 0 saturated carbocycles. The number of rotatable bonds is 8. The van der Waals surface area contributed by atoms with Crippen molar-refractivity contribution in [3.05, 3.63) is 87.9 Å². The lowest BCUT2D eigenvalue weighted by molar-refractivity contribution is 0.500. The molecule has 0 atom stereocenters.